The van der Waals surface area contributed by atoms with E-state index in [0.29, 0.717) is 23.8 Å². The first-order chi connectivity index (χ1) is 17.0. The predicted octanol–water partition coefficient (Wildman–Crippen LogP) is 4.96. The summed E-state index contributed by atoms with van der Waals surface area (Å²) < 4.78 is 7.09. The molecule has 0 unspecified atom stereocenters. The van der Waals surface area contributed by atoms with Crippen molar-refractivity contribution in [2.75, 3.05) is 25.5 Å². The molecule has 0 bridgehead atoms. The van der Waals surface area contributed by atoms with Crippen LogP contribution in [-0.2, 0) is 4.79 Å². The van der Waals surface area contributed by atoms with Crippen molar-refractivity contribution >= 4 is 17.8 Å². The number of hydrogen-bond donors (Lipinski definition) is 1. The van der Waals surface area contributed by atoms with Gasteiger partial charge in [-0.05, 0) is 62.4 Å². The number of benzene rings is 3. The number of anilines is 1. The fourth-order valence-electron chi connectivity index (χ4n) is 3.70. The summed E-state index contributed by atoms with van der Waals surface area (Å²) >= 11 is 0. The molecule has 0 saturated heterocycles. The highest BCUT2D eigenvalue weighted by molar-refractivity contribution is 5.99. The Bertz CT molecular complexity index is 1300. The minimum atomic E-state index is -0.323. The first kappa shape index (κ1) is 23.8. The van der Waals surface area contributed by atoms with E-state index in [0.717, 1.165) is 22.6 Å². The number of imidazole rings is 1. The highest BCUT2D eigenvalue weighted by atomic mass is 16.5. The van der Waals surface area contributed by atoms with Crippen molar-refractivity contribution in [3.8, 4) is 22.7 Å². The van der Waals surface area contributed by atoms with Crippen LogP contribution in [0.3, 0.4) is 0 Å². The highest BCUT2D eigenvalue weighted by Gasteiger charge is 2.19. The number of aromatic nitrogens is 2. The van der Waals surface area contributed by atoms with E-state index in [4.69, 9.17) is 9.72 Å². The van der Waals surface area contributed by atoms with Gasteiger partial charge in [0, 0.05) is 29.6 Å². The Labute approximate surface area is 205 Å². The Morgan fingerprint density at radius 1 is 0.971 bits per heavy atom. The van der Waals surface area contributed by atoms with Crippen LogP contribution in [0.25, 0.3) is 16.9 Å². The van der Waals surface area contributed by atoms with Crippen LogP contribution in [0.5, 0.6) is 5.75 Å². The van der Waals surface area contributed by atoms with E-state index in [1.807, 2.05) is 79.2 Å². The third-order valence-corrected chi connectivity index (χ3v) is 5.68. The van der Waals surface area contributed by atoms with E-state index in [2.05, 4.69) is 5.32 Å². The van der Waals surface area contributed by atoms with Crippen molar-refractivity contribution in [3.05, 3.63) is 96.2 Å². The van der Waals surface area contributed by atoms with Gasteiger partial charge in [0.2, 0.25) is 11.9 Å². The van der Waals surface area contributed by atoms with Crippen LogP contribution in [0.4, 0.5) is 5.95 Å². The average molecular weight is 469 g/mol. The summed E-state index contributed by atoms with van der Waals surface area (Å²) in [4.78, 5) is 32.1. The Hall–Kier alpha value is -4.39. The number of methoxy groups -OCH3 is 1. The zero-order valence-corrected chi connectivity index (χ0v) is 20.1. The lowest BCUT2D eigenvalue weighted by atomic mass is 10.1. The summed E-state index contributed by atoms with van der Waals surface area (Å²) in [5.74, 6) is 0.622. The minimum Gasteiger partial charge on any atom is -0.497 e. The summed E-state index contributed by atoms with van der Waals surface area (Å²) in [7, 11) is 1.62. The monoisotopic (exact) mass is 468 g/mol. The first-order valence-corrected chi connectivity index (χ1v) is 11.4. The molecule has 0 saturated carbocycles. The Kier molecular flexibility index (Phi) is 7.26. The Morgan fingerprint density at radius 2 is 1.66 bits per heavy atom. The van der Waals surface area contributed by atoms with Crippen LogP contribution in [0.2, 0.25) is 0 Å². The number of hydrogen-bond acceptors (Lipinski definition) is 4. The molecule has 0 spiro atoms. The van der Waals surface area contributed by atoms with Gasteiger partial charge in [-0.3, -0.25) is 19.5 Å². The van der Waals surface area contributed by atoms with Crippen LogP contribution in [0.15, 0.2) is 85.1 Å². The van der Waals surface area contributed by atoms with Crippen molar-refractivity contribution in [3.63, 3.8) is 0 Å². The van der Waals surface area contributed by atoms with Gasteiger partial charge in [0.1, 0.15) is 12.3 Å². The molecule has 4 aromatic rings. The molecule has 7 heteroatoms. The van der Waals surface area contributed by atoms with Crippen molar-refractivity contribution < 1.29 is 14.3 Å². The van der Waals surface area contributed by atoms with Crippen molar-refractivity contribution in [1.82, 2.24) is 14.5 Å². The third kappa shape index (κ3) is 5.58. The molecule has 1 heterocycles. The Morgan fingerprint density at radius 3 is 2.29 bits per heavy atom. The molecule has 2 amide bonds. The maximum atomic E-state index is 13.0. The van der Waals surface area contributed by atoms with E-state index in [1.54, 1.807) is 31.4 Å². The fourth-order valence-corrected chi connectivity index (χ4v) is 3.70. The van der Waals surface area contributed by atoms with Gasteiger partial charge >= 0.3 is 0 Å². The summed E-state index contributed by atoms with van der Waals surface area (Å²) in [5, 5.41) is 2.90. The normalized spacial score (nSPS) is 10.6. The fraction of sp³-hybridized carbons (Fsp3) is 0.179. The Balaban J connectivity index is 1.60. The van der Waals surface area contributed by atoms with E-state index >= 15 is 0 Å². The van der Waals surface area contributed by atoms with Crippen molar-refractivity contribution in [1.29, 1.82) is 0 Å². The van der Waals surface area contributed by atoms with Gasteiger partial charge < -0.3 is 9.64 Å². The van der Waals surface area contributed by atoms with Crippen LogP contribution >= 0.6 is 0 Å². The largest absolute Gasteiger partial charge is 0.497 e. The molecule has 1 aromatic heterocycles. The summed E-state index contributed by atoms with van der Waals surface area (Å²) in [6.07, 6.45) is 1.88. The number of carbonyl (C=O) groups is 2. The maximum absolute atomic E-state index is 13.0. The first-order valence-electron chi connectivity index (χ1n) is 11.4. The van der Waals surface area contributed by atoms with Crippen molar-refractivity contribution in [2.24, 2.45) is 0 Å². The van der Waals surface area contributed by atoms with Crippen LogP contribution in [0.1, 0.15) is 22.8 Å². The lowest BCUT2D eigenvalue weighted by Gasteiger charge is -2.20. The van der Waals surface area contributed by atoms with Gasteiger partial charge in [0.25, 0.3) is 5.91 Å². The second-order valence-electron chi connectivity index (χ2n) is 8.12. The second-order valence-corrected chi connectivity index (χ2v) is 8.12. The molecular formula is C28H28N4O3. The molecule has 0 aliphatic rings. The molecule has 35 heavy (non-hydrogen) atoms. The molecule has 0 fully saturated rings. The lowest BCUT2D eigenvalue weighted by molar-refractivity contribution is -0.116. The van der Waals surface area contributed by atoms with Gasteiger partial charge in [0.05, 0.1) is 12.8 Å². The molecule has 3 aromatic carbocycles. The average Bonchev–Trinajstić information content (AvgIpc) is 3.31. The standard InChI is InChI=1S/C28H28N4O3/c1-4-31(27(34)22-8-6-5-7-9-22)19-26(33)30-28-29-25(21-12-16-24(35-3)17-13-21)18-32(28)23-14-10-20(2)11-15-23/h5-18H,4,19H2,1-3H3,(H,29,30,33). The van der Waals surface area contributed by atoms with Gasteiger partial charge in [0.15, 0.2) is 0 Å². The maximum Gasteiger partial charge on any atom is 0.254 e. The number of ether oxygens (including phenoxy) is 1. The van der Waals surface area contributed by atoms with Gasteiger partial charge in [-0.15, -0.1) is 0 Å². The zero-order valence-electron chi connectivity index (χ0n) is 20.1. The van der Waals surface area contributed by atoms with E-state index in [-0.39, 0.29) is 18.4 Å². The summed E-state index contributed by atoms with van der Waals surface area (Å²) in [6.45, 7) is 4.20. The van der Waals surface area contributed by atoms with Gasteiger partial charge in [-0.1, -0.05) is 35.9 Å². The molecular weight excluding hydrogens is 440 g/mol. The number of rotatable bonds is 8. The van der Waals surface area contributed by atoms with Gasteiger partial charge in [-0.25, -0.2) is 4.98 Å². The molecule has 7 nitrogen and oxygen atoms in total. The summed E-state index contributed by atoms with van der Waals surface area (Å²) in [6, 6.07) is 24.5. The van der Waals surface area contributed by atoms with Gasteiger partial charge in [-0.2, -0.15) is 0 Å². The zero-order chi connectivity index (χ0) is 24.8. The van der Waals surface area contributed by atoms with E-state index < -0.39 is 0 Å². The number of nitrogens with one attached hydrogen (secondary N) is 1. The van der Waals surface area contributed by atoms with Crippen LogP contribution in [-0.4, -0.2) is 46.5 Å². The molecule has 0 atom stereocenters. The van der Waals surface area contributed by atoms with Crippen LogP contribution in [0, 0.1) is 6.92 Å². The topological polar surface area (TPSA) is 76.5 Å². The number of carbonyl (C=O) groups excluding carboxylic acids is 2. The molecule has 1 N–H and O–H groups in total. The minimum absolute atomic E-state index is 0.0805. The molecule has 178 valence electrons. The van der Waals surface area contributed by atoms with E-state index in [1.165, 1.54) is 4.90 Å². The van der Waals surface area contributed by atoms with Crippen LogP contribution < -0.4 is 10.1 Å². The molecule has 0 radical (unpaired) electrons. The second kappa shape index (κ2) is 10.7. The summed E-state index contributed by atoms with van der Waals surface area (Å²) in [5.41, 5.74) is 4.14. The number of likely N-dealkylation sites (N-methyl/N-ethyl adjacent to an activating group) is 1. The quantitative estimate of drug-likeness (QED) is 0.397. The number of nitrogens with zero attached hydrogens (tertiary/aromatic N) is 3. The lowest BCUT2D eigenvalue weighted by Crippen LogP contribution is -2.38. The third-order valence-electron chi connectivity index (χ3n) is 5.68. The molecule has 0 aliphatic carbocycles. The number of aryl methyl sites for hydroxylation is 1. The predicted molar refractivity (Wildman–Crippen MR) is 137 cm³/mol. The number of amides is 2. The smallest absolute Gasteiger partial charge is 0.254 e. The van der Waals surface area contributed by atoms with Crippen molar-refractivity contribution in [2.45, 2.75) is 13.8 Å². The van der Waals surface area contributed by atoms with E-state index in [9.17, 15) is 9.59 Å². The molecule has 4 rings (SSSR count). The highest BCUT2D eigenvalue weighted by Crippen LogP contribution is 2.26. The SMILES string of the molecule is CCN(CC(=O)Nc1nc(-c2ccc(OC)cc2)cn1-c1ccc(C)cc1)C(=O)c1ccccc1. The molecule has 0 aliphatic heterocycles.